The fourth-order valence-electron chi connectivity index (χ4n) is 2.10. The molecule has 0 aromatic heterocycles. The topological polar surface area (TPSA) is 12.0 Å². The van der Waals surface area contributed by atoms with Crippen molar-refractivity contribution in [3.8, 4) is 0 Å². The van der Waals surface area contributed by atoms with Gasteiger partial charge in [-0.3, -0.25) is 0 Å². The highest BCUT2D eigenvalue weighted by Gasteiger charge is 2.03. The highest BCUT2D eigenvalue weighted by atomic mass is 14.8. The van der Waals surface area contributed by atoms with Gasteiger partial charge >= 0.3 is 0 Å². The van der Waals surface area contributed by atoms with E-state index in [1.54, 1.807) is 0 Å². The van der Waals surface area contributed by atoms with Crippen LogP contribution in [0.2, 0.25) is 0 Å². The molecule has 0 aliphatic rings. The molecule has 0 atom stereocenters. The Labute approximate surface area is 117 Å². The molecule has 1 N–H and O–H groups in total. The number of allylic oxidation sites excluding steroid dienone is 4. The predicted octanol–water partition coefficient (Wildman–Crippen LogP) is 4.50. The Morgan fingerprint density at radius 1 is 1.32 bits per heavy atom. The van der Waals surface area contributed by atoms with Crippen molar-refractivity contribution in [2.75, 3.05) is 7.05 Å². The third-order valence-corrected chi connectivity index (χ3v) is 2.95. The van der Waals surface area contributed by atoms with Gasteiger partial charge in [0, 0.05) is 7.05 Å². The van der Waals surface area contributed by atoms with Crippen LogP contribution in [0.1, 0.15) is 30.5 Å². The normalized spacial score (nSPS) is 11.6. The van der Waals surface area contributed by atoms with Crippen molar-refractivity contribution in [3.05, 3.63) is 65.9 Å². The number of benzene rings is 1. The van der Waals surface area contributed by atoms with E-state index in [4.69, 9.17) is 0 Å². The Bertz CT molecular complexity index is 478. The Balaban J connectivity index is 2.81. The molecule has 102 valence electrons. The summed E-state index contributed by atoms with van der Waals surface area (Å²) in [7, 11) is 1.89. The van der Waals surface area contributed by atoms with Gasteiger partial charge in [-0.1, -0.05) is 50.8 Å². The molecule has 1 aromatic carbocycles. The van der Waals surface area contributed by atoms with E-state index in [1.807, 2.05) is 31.5 Å². The van der Waals surface area contributed by atoms with Crippen LogP contribution in [0.15, 0.2) is 49.2 Å². The molecule has 0 radical (unpaired) electrons. The van der Waals surface area contributed by atoms with Crippen LogP contribution in [-0.2, 0) is 6.42 Å². The first-order valence-corrected chi connectivity index (χ1v) is 6.84. The Hall–Kier alpha value is -1.76. The summed E-state index contributed by atoms with van der Waals surface area (Å²) in [6.07, 6.45) is 9.03. The lowest BCUT2D eigenvalue weighted by atomic mass is 9.95. The second kappa shape index (κ2) is 7.63. The van der Waals surface area contributed by atoms with Crippen LogP contribution >= 0.6 is 0 Å². The molecule has 0 amide bonds. The number of rotatable bonds is 6. The van der Waals surface area contributed by atoms with Crippen LogP contribution in [0.25, 0.3) is 5.57 Å². The van der Waals surface area contributed by atoms with Crippen molar-refractivity contribution in [2.24, 2.45) is 5.92 Å². The summed E-state index contributed by atoms with van der Waals surface area (Å²) in [5, 5.41) is 2.96. The zero-order chi connectivity index (χ0) is 14.3. The molecule has 1 nitrogen and oxygen atoms in total. The molecule has 0 aliphatic carbocycles. The van der Waals surface area contributed by atoms with Crippen molar-refractivity contribution in [2.45, 2.75) is 27.2 Å². The molecular weight excluding hydrogens is 230 g/mol. The van der Waals surface area contributed by atoms with Gasteiger partial charge in [-0.15, -0.1) is 0 Å². The lowest BCUT2D eigenvalue weighted by molar-refractivity contribution is 0.647. The van der Waals surface area contributed by atoms with Crippen molar-refractivity contribution in [1.82, 2.24) is 5.32 Å². The minimum Gasteiger partial charge on any atom is -0.394 e. The van der Waals surface area contributed by atoms with E-state index in [2.05, 4.69) is 50.9 Å². The van der Waals surface area contributed by atoms with Gasteiger partial charge in [-0.2, -0.15) is 0 Å². The molecule has 0 spiro atoms. The summed E-state index contributed by atoms with van der Waals surface area (Å²) >= 11 is 0. The van der Waals surface area contributed by atoms with Crippen molar-refractivity contribution in [1.29, 1.82) is 0 Å². The molecule has 0 unspecified atom stereocenters. The smallest absolute Gasteiger partial charge is 0.00277 e. The predicted molar refractivity (Wildman–Crippen MR) is 86.1 cm³/mol. The van der Waals surface area contributed by atoms with Crippen LogP contribution in [0.4, 0.5) is 0 Å². The highest BCUT2D eigenvalue weighted by Crippen LogP contribution is 2.21. The fourth-order valence-corrected chi connectivity index (χ4v) is 2.10. The lowest BCUT2D eigenvalue weighted by Gasteiger charge is -2.10. The largest absolute Gasteiger partial charge is 0.394 e. The molecule has 0 saturated heterocycles. The highest BCUT2D eigenvalue weighted by molar-refractivity contribution is 5.74. The first-order chi connectivity index (χ1) is 9.04. The summed E-state index contributed by atoms with van der Waals surface area (Å²) in [6.45, 7) is 10.8. The Kier molecular flexibility index (Phi) is 6.14. The monoisotopic (exact) mass is 255 g/mol. The summed E-state index contributed by atoms with van der Waals surface area (Å²) in [5.74, 6) is 0.694. The van der Waals surface area contributed by atoms with Crippen molar-refractivity contribution in [3.63, 3.8) is 0 Å². The van der Waals surface area contributed by atoms with E-state index in [1.165, 1.54) is 16.7 Å². The number of aryl methyl sites for hydroxylation is 1. The zero-order valence-electron chi connectivity index (χ0n) is 12.5. The van der Waals surface area contributed by atoms with E-state index >= 15 is 0 Å². The van der Waals surface area contributed by atoms with E-state index in [9.17, 15) is 0 Å². The maximum absolute atomic E-state index is 4.13. The average Bonchev–Trinajstić information content (AvgIpc) is 2.33. The maximum atomic E-state index is 4.13. The fraction of sp³-hybridized carbons (Fsp3) is 0.333. The molecule has 0 saturated carbocycles. The molecule has 0 heterocycles. The van der Waals surface area contributed by atoms with E-state index in [0.29, 0.717) is 5.92 Å². The van der Waals surface area contributed by atoms with Gasteiger partial charge in [0.15, 0.2) is 0 Å². The van der Waals surface area contributed by atoms with Gasteiger partial charge in [-0.05, 0) is 53.8 Å². The molecule has 0 bridgehead atoms. The Morgan fingerprint density at radius 3 is 2.63 bits per heavy atom. The third kappa shape index (κ3) is 5.17. The first-order valence-electron chi connectivity index (χ1n) is 6.84. The number of nitrogens with one attached hydrogen (secondary N) is 1. The summed E-state index contributed by atoms with van der Waals surface area (Å²) in [5.41, 5.74) is 4.98. The van der Waals surface area contributed by atoms with Gasteiger partial charge in [-0.25, -0.2) is 0 Å². The maximum Gasteiger partial charge on any atom is 0.00277 e. The van der Waals surface area contributed by atoms with Gasteiger partial charge in [0.05, 0.1) is 0 Å². The van der Waals surface area contributed by atoms with E-state index in [-0.39, 0.29) is 0 Å². The molecule has 0 fully saturated rings. The van der Waals surface area contributed by atoms with Crippen LogP contribution in [-0.4, -0.2) is 7.05 Å². The second-order valence-electron chi connectivity index (χ2n) is 5.28. The van der Waals surface area contributed by atoms with Crippen LogP contribution in [0.3, 0.4) is 0 Å². The van der Waals surface area contributed by atoms with Crippen LogP contribution in [0, 0.1) is 12.8 Å². The Morgan fingerprint density at radius 2 is 2.05 bits per heavy atom. The number of hydrogen-bond donors (Lipinski definition) is 1. The minimum atomic E-state index is 0.694. The number of hydrogen-bond acceptors (Lipinski definition) is 1. The third-order valence-electron chi connectivity index (χ3n) is 2.95. The summed E-state index contributed by atoms with van der Waals surface area (Å²) < 4.78 is 0. The van der Waals surface area contributed by atoms with E-state index in [0.717, 1.165) is 12.0 Å². The summed E-state index contributed by atoms with van der Waals surface area (Å²) in [4.78, 5) is 0. The molecular formula is C18H25N. The quantitative estimate of drug-likeness (QED) is 0.738. The van der Waals surface area contributed by atoms with Gasteiger partial charge in [0.2, 0.25) is 0 Å². The first kappa shape index (κ1) is 15.3. The second-order valence-corrected chi connectivity index (χ2v) is 5.28. The van der Waals surface area contributed by atoms with Gasteiger partial charge < -0.3 is 5.32 Å². The van der Waals surface area contributed by atoms with E-state index < -0.39 is 0 Å². The van der Waals surface area contributed by atoms with Gasteiger partial charge in [0.25, 0.3) is 0 Å². The lowest BCUT2D eigenvalue weighted by Crippen LogP contribution is -1.96. The van der Waals surface area contributed by atoms with Gasteiger partial charge in [0.1, 0.15) is 0 Å². The molecule has 0 aliphatic heterocycles. The molecule has 1 rings (SSSR count). The minimum absolute atomic E-state index is 0.694. The molecule has 1 aromatic rings. The molecule has 1 heteroatoms. The van der Waals surface area contributed by atoms with Crippen molar-refractivity contribution < 1.29 is 0 Å². The molecule has 19 heavy (non-hydrogen) atoms. The SMILES string of the molecule is C=C(/C=C\C=C/NC)c1ccc(CC(C)C)cc1C. The van der Waals surface area contributed by atoms with Crippen LogP contribution in [0.5, 0.6) is 0 Å². The standard InChI is InChI=1S/C18H25N/c1-14(2)12-17-9-10-18(16(4)13-17)15(3)8-6-7-11-19-5/h6-11,13-14,19H,3,12H2,1-2,4-5H3/b8-6-,11-7-. The van der Waals surface area contributed by atoms with Crippen LogP contribution < -0.4 is 5.32 Å². The average molecular weight is 255 g/mol. The summed E-state index contributed by atoms with van der Waals surface area (Å²) in [6, 6.07) is 6.67. The zero-order valence-corrected chi connectivity index (χ0v) is 12.5. The van der Waals surface area contributed by atoms with Crippen molar-refractivity contribution >= 4 is 5.57 Å².